The quantitative estimate of drug-likeness (QED) is 0.340. The molecule has 1 aromatic carbocycles. The van der Waals surface area contributed by atoms with Crippen molar-refractivity contribution in [2.45, 2.75) is 72.1 Å². The highest BCUT2D eigenvalue weighted by atomic mass is 16.5. The van der Waals surface area contributed by atoms with Gasteiger partial charge in [-0.2, -0.15) is 0 Å². The number of aromatic nitrogens is 2. The molecule has 1 heterocycles. The Bertz CT molecular complexity index is 641. The van der Waals surface area contributed by atoms with E-state index in [4.69, 9.17) is 9.47 Å². The third kappa shape index (κ3) is 8.28. The summed E-state index contributed by atoms with van der Waals surface area (Å²) < 4.78 is 11.6. The number of hydrogen-bond acceptors (Lipinski definition) is 4. The van der Waals surface area contributed by atoms with Gasteiger partial charge in [0.1, 0.15) is 5.75 Å². The molecule has 4 nitrogen and oxygen atoms in total. The van der Waals surface area contributed by atoms with Crippen molar-refractivity contribution < 1.29 is 9.47 Å². The molecule has 0 bridgehead atoms. The average molecular weight is 385 g/mol. The van der Waals surface area contributed by atoms with Crippen molar-refractivity contribution in [3.63, 3.8) is 0 Å². The van der Waals surface area contributed by atoms with Gasteiger partial charge in [0.15, 0.2) is 11.6 Å². The normalized spacial score (nSPS) is 12.0. The summed E-state index contributed by atoms with van der Waals surface area (Å²) in [5, 5.41) is 0. The Labute approximate surface area is 170 Å². The van der Waals surface area contributed by atoms with Gasteiger partial charge >= 0.3 is 0 Å². The smallest absolute Gasteiger partial charge is 0.159 e. The Morgan fingerprint density at radius 1 is 0.786 bits per heavy atom. The summed E-state index contributed by atoms with van der Waals surface area (Å²) in [5.41, 5.74) is 0.984. The molecule has 1 unspecified atom stereocenters. The van der Waals surface area contributed by atoms with Gasteiger partial charge in [0.25, 0.3) is 0 Å². The maximum Gasteiger partial charge on any atom is 0.159 e. The van der Waals surface area contributed by atoms with Crippen LogP contribution in [0.1, 0.15) is 72.1 Å². The minimum Gasteiger partial charge on any atom is -0.493 e. The Hall–Kier alpha value is -2.10. The summed E-state index contributed by atoms with van der Waals surface area (Å²) in [4.78, 5) is 8.85. The third-order valence-corrected chi connectivity index (χ3v) is 4.84. The maximum atomic E-state index is 5.94. The van der Waals surface area contributed by atoms with Crippen molar-refractivity contribution in [1.82, 2.24) is 9.97 Å². The lowest BCUT2D eigenvalue weighted by Gasteiger charge is -2.13. The highest BCUT2D eigenvalue weighted by Crippen LogP contribution is 2.21. The molecular weight excluding hydrogens is 348 g/mol. The van der Waals surface area contributed by atoms with Crippen LogP contribution in [-0.4, -0.2) is 23.2 Å². The molecule has 0 saturated carbocycles. The SMILES string of the molecule is CCCCCCC(C)COc1ccc(-c2ncc(OCCCCC)cn2)cc1. The van der Waals surface area contributed by atoms with Crippen molar-refractivity contribution in [2.24, 2.45) is 5.92 Å². The monoisotopic (exact) mass is 384 g/mol. The van der Waals surface area contributed by atoms with E-state index in [-0.39, 0.29) is 0 Å². The summed E-state index contributed by atoms with van der Waals surface area (Å²) in [6.45, 7) is 8.19. The van der Waals surface area contributed by atoms with E-state index in [1.807, 2.05) is 24.3 Å². The number of ether oxygens (including phenoxy) is 2. The van der Waals surface area contributed by atoms with Crippen LogP contribution in [0.25, 0.3) is 11.4 Å². The van der Waals surface area contributed by atoms with Gasteiger partial charge in [-0.15, -0.1) is 0 Å². The first-order valence-electron chi connectivity index (χ1n) is 10.9. The van der Waals surface area contributed by atoms with Gasteiger partial charge in [-0.1, -0.05) is 59.3 Å². The van der Waals surface area contributed by atoms with E-state index >= 15 is 0 Å². The van der Waals surface area contributed by atoms with Crippen LogP contribution >= 0.6 is 0 Å². The Morgan fingerprint density at radius 3 is 2.14 bits per heavy atom. The first-order chi connectivity index (χ1) is 13.7. The van der Waals surface area contributed by atoms with E-state index in [1.165, 1.54) is 44.9 Å². The minimum atomic E-state index is 0.588. The fourth-order valence-corrected chi connectivity index (χ4v) is 3.02. The second-order valence-corrected chi connectivity index (χ2v) is 7.59. The molecule has 0 amide bonds. The molecular formula is C24H36N2O2. The van der Waals surface area contributed by atoms with Gasteiger partial charge in [-0.25, -0.2) is 9.97 Å². The number of unbranched alkanes of at least 4 members (excludes halogenated alkanes) is 5. The van der Waals surface area contributed by atoms with Gasteiger partial charge in [-0.05, 0) is 43.0 Å². The molecule has 2 aromatic rings. The van der Waals surface area contributed by atoms with Gasteiger partial charge in [0.2, 0.25) is 0 Å². The predicted molar refractivity (Wildman–Crippen MR) is 116 cm³/mol. The molecule has 154 valence electrons. The zero-order chi connectivity index (χ0) is 20.0. The van der Waals surface area contributed by atoms with E-state index in [0.717, 1.165) is 36.7 Å². The molecule has 1 atom stereocenters. The Balaban J connectivity index is 1.77. The zero-order valence-electron chi connectivity index (χ0n) is 17.8. The number of rotatable bonds is 14. The molecule has 4 heteroatoms. The van der Waals surface area contributed by atoms with E-state index in [0.29, 0.717) is 11.7 Å². The Kier molecular flexibility index (Phi) is 10.4. The van der Waals surface area contributed by atoms with Crippen LogP contribution in [0, 0.1) is 5.92 Å². The van der Waals surface area contributed by atoms with Crippen LogP contribution < -0.4 is 9.47 Å². The zero-order valence-corrected chi connectivity index (χ0v) is 17.8. The average Bonchev–Trinajstić information content (AvgIpc) is 2.74. The summed E-state index contributed by atoms with van der Waals surface area (Å²) in [6, 6.07) is 8.02. The van der Waals surface area contributed by atoms with Gasteiger partial charge in [0, 0.05) is 5.56 Å². The third-order valence-electron chi connectivity index (χ3n) is 4.84. The molecule has 28 heavy (non-hydrogen) atoms. The van der Waals surface area contributed by atoms with Crippen molar-refractivity contribution in [2.75, 3.05) is 13.2 Å². The molecule has 0 saturated heterocycles. The molecule has 0 radical (unpaired) electrons. The minimum absolute atomic E-state index is 0.588. The van der Waals surface area contributed by atoms with Crippen LogP contribution in [0.5, 0.6) is 11.5 Å². The van der Waals surface area contributed by atoms with E-state index in [1.54, 1.807) is 12.4 Å². The van der Waals surface area contributed by atoms with Crippen molar-refractivity contribution in [3.8, 4) is 22.9 Å². The van der Waals surface area contributed by atoms with Crippen LogP contribution in [0.15, 0.2) is 36.7 Å². The van der Waals surface area contributed by atoms with E-state index in [2.05, 4.69) is 30.7 Å². The number of nitrogens with zero attached hydrogens (tertiary/aromatic N) is 2. The standard InChI is InChI=1S/C24H36N2O2/c1-4-6-8-9-11-20(3)19-28-22-14-12-21(13-15-22)24-25-17-23(18-26-24)27-16-10-7-5-2/h12-15,17-18,20H,4-11,16,19H2,1-3H3. The second-order valence-electron chi connectivity index (χ2n) is 7.59. The van der Waals surface area contributed by atoms with Crippen LogP contribution in [0.2, 0.25) is 0 Å². The van der Waals surface area contributed by atoms with Crippen molar-refractivity contribution >= 4 is 0 Å². The van der Waals surface area contributed by atoms with Crippen LogP contribution in [0.3, 0.4) is 0 Å². The first-order valence-corrected chi connectivity index (χ1v) is 10.9. The summed E-state index contributed by atoms with van der Waals surface area (Å²) >= 11 is 0. The molecule has 0 aliphatic carbocycles. The van der Waals surface area contributed by atoms with Gasteiger partial charge < -0.3 is 9.47 Å². The van der Waals surface area contributed by atoms with Gasteiger partial charge in [-0.3, -0.25) is 0 Å². The highest BCUT2D eigenvalue weighted by Gasteiger charge is 2.06. The fourth-order valence-electron chi connectivity index (χ4n) is 3.02. The highest BCUT2D eigenvalue weighted by molar-refractivity contribution is 5.56. The molecule has 0 fully saturated rings. The lowest BCUT2D eigenvalue weighted by molar-refractivity contribution is 0.249. The molecule has 0 aliphatic rings. The first kappa shape index (κ1) is 22.2. The summed E-state index contributed by atoms with van der Waals surface area (Å²) in [6.07, 6.45) is 13.4. The van der Waals surface area contributed by atoms with E-state index in [9.17, 15) is 0 Å². The number of hydrogen-bond donors (Lipinski definition) is 0. The topological polar surface area (TPSA) is 44.2 Å². The van der Waals surface area contributed by atoms with E-state index < -0.39 is 0 Å². The maximum absolute atomic E-state index is 5.94. The molecule has 0 spiro atoms. The lowest BCUT2D eigenvalue weighted by Crippen LogP contribution is -2.08. The van der Waals surface area contributed by atoms with Crippen LogP contribution in [0.4, 0.5) is 0 Å². The number of benzene rings is 1. The second kappa shape index (κ2) is 13.1. The van der Waals surface area contributed by atoms with Gasteiger partial charge in [0.05, 0.1) is 25.6 Å². The van der Waals surface area contributed by atoms with Crippen LogP contribution in [-0.2, 0) is 0 Å². The molecule has 2 rings (SSSR count). The largest absolute Gasteiger partial charge is 0.493 e. The Morgan fingerprint density at radius 2 is 1.46 bits per heavy atom. The fraction of sp³-hybridized carbons (Fsp3) is 0.583. The molecule has 0 aliphatic heterocycles. The summed E-state index contributed by atoms with van der Waals surface area (Å²) in [7, 11) is 0. The predicted octanol–water partition coefficient (Wildman–Crippen LogP) is 6.70. The van der Waals surface area contributed by atoms with Crippen molar-refractivity contribution in [1.29, 1.82) is 0 Å². The molecule has 0 N–H and O–H groups in total. The van der Waals surface area contributed by atoms with Crippen molar-refractivity contribution in [3.05, 3.63) is 36.7 Å². The lowest BCUT2D eigenvalue weighted by atomic mass is 10.0. The molecule has 1 aromatic heterocycles. The summed E-state index contributed by atoms with van der Waals surface area (Å²) in [5.74, 6) is 2.93.